The number of phenolic OH excluding ortho intramolecular Hbond substituents is 2. The Hall–Kier alpha value is -2.05. The lowest BCUT2D eigenvalue weighted by atomic mass is 9.77. The summed E-state index contributed by atoms with van der Waals surface area (Å²) in [6, 6.07) is 15.4. The number of carbonyl (C=O) groups excluding carboxylic acids is 1. The highest BCUT2D eigenvalue weighted by Crippen LogP contribution is 2.39. The van der Waals surface area contributed by atoms with Crippen LogP contribution in [0.4, 0.5) is 0 Å². The zero-order chi connectivity index (χ0) is 18.7. The summed E-state index contributed by atoms with van der Waals surface area (Å²) in [5, 5.41) is 20.7. The van der Waals surface area contributed by atoms with Gasteiger partial charge in [0, 0.05) is 21.6 Å². The first kappa shape index (κ1) is 18.7. The number of aromatic hydroxyl groups is 2. The van der Waals surface area contributed by atoms with Gasteiger partial charge in [-0.1, -0.05) is 62.2 Å². The number of alkyl halides is 2. The first-order chi connectivity index (χ1) is 12.5. The standard InChI is InChI=1S/C20H16Br2O4/c21-11-20(12-22,15-7-8-16(23)17(24)10-15)14-5-3-13(4-6-14)19(25)18-2-1-9-26-18/h1-10,23-24H,11-12H2. The first-order valence-electron chi connectivity index (χ1n) is 7.85. The minimum absolute atomic E-state index is 0.161. The zero-order valence-electron chi connectivity index (χ0n) is 13.7. The average molecular weight is 480 g/mol. The molecule has 0 unspecified atom stereocenters. The van der Waals surface area contributed by atoms with Crippen molar-refractivity contribution in [3.8, 4) is 11.5 Å². The molecule has 4 nitrogen and oxygen atoms in total. The highest BCUT2D eigenvalue weighted by Gasteiger charge is 2.33. The maximum atomic E-state index is 12.4. The molecule has 0 aliphatic heterocycles. The van der Waals surface area contributed by atoms with E-state index in [0.717, 1.165) is 11.1 Å². The molecule has 0 saturated carbocycles. The van der Waals surface area contributed by atoms with Gasteiger partial charge < -0.3 is 14.6 Å². The summed E-state index contributed by atoms with van der Waals surface area (Å²) in [4.78, 5) is 12.4. The Morgan fingerprint density at radius 2 is 1.58 bits per heavy atom. The van der Waals surface area contributed by atoms with Crippen molar-refractivity contribution < 1.29 is 19.4 Å². The Labute approximate surface area is 167 Å². The van der Waals surface area contributed by atoms with Gasteiger partial charge >= 0.3 is 0 Å². The van der Waals surface area contributed by atoms with Gasteiger partial charge in [-0.2, -0.15) is 0 Å². The van der Waals surface area contributed by atoms with E-state index in [-0.39, 0.29) is 17.3 Å². The smallest absolute Gasteiger partial charge is 0.228 e. The molecular formula is C20H16Br2O4. The second-order valence-corrected chi connectivity index (χ2v) is 7.06. The van der Waals surface area contributed by atoms with Crippen LogP contribution < -0.4 is 0 Å². The Morgan fingerprint density at radius 1 is 0.923 bits per heavy atom. The average Bonchev–Trinajstić information content (AvgIpc) is 3.20. The molecule has 26 heavy (non-hydrogen) atoms. The van der Waals surface area contributed by atoms with Crippen LogP contribution in [0.5, 0.6) is 11.5 Å². The minimum Gasteiger partial charge on any atom is -0.504 e. The molecule has 2 N–H and O–H groups in total. The molecule has 1 aromatic heterocycles. The van der Waals surface area contributed by atoms with Gasteiger partial charge in [0.05, 0.1) is 6.26 Å². The van der Waals surface area contributed by atoms with Gasteiger partial charge in [0.25, 0.3) is 0 Å². The molecule has 2 aromatic carbocycles. The topological polar surface area (TPSA) is 70.7 Å². The van der Waals surface area contributed by atoms with Crippen LogP contribution in [-0.4, -0.2) is 26.7 Å². The molecule has 0 spiro atoms. The summed E-state index contributed by atoms with van der Waals surface area (Å²) in [5.41, 5.74) is 1.87. The van der Waals surface area contributed by atoms with Crippen molar-refractivity contribution in [1.29, 1.82) is 0 Å². The number of rotatable bonds is 6. The Balaban J connectivity index is 2.00. The molecule has 1 heterocycles. The molecule has 6 heteroatoms. The lowest BCUT2D eigenvalue weighted by Gasteiger charge is -2.31. The van der Waals surface area contributed by atoms with Gasteiger partial charge in [0.2, 0.25) is 5.78 Å². The number of hydrogen-bond acceptors (Lipinski definition) is 4. The molecule has 0 atom stereocenters. The fourth-order valence-corrected chi connectivity index (χ4v) is 5.05. The van der Waals surface area contributed by atoms with Crippen molar-refractivity contribution in [2.45, 2.75) is 5.41 Å². The second kappa shape index (κ2) is 7.68. The Kier molecular flexibility index (Phi) is 5.53. The van der Waals surface area contributed by atoms with E-state index in [1.165, 1.54) is 12.3 Å². The third-order valence-corrected chi connectivity index (χ3v) is 6.34. The van der Waals surface area contributed by atoms with Gasteiger partial charge in [-0.05, 0) is 35.4 Å². The van der Waals surface area contributed by atoms with Crippen LogP contribution in [0.25, 0.3) is 0 Å². The molecule has 3 aromatic rings. The number of furan rings is 1. The quantitative estimate of drug-likeness (QED) is 0.296. The van der Waals surface area contributed by atoms with Crippen LogP contribution in [0.1, 0.15) is 27.2 Å². The van der Waals surface area contributed by atoms with Crippen molar-refractivity contribution in [2.24, 2.45) is 0 Å². The molecule has 134 valence electrons. The van der Waals surface area contributed by atoms with Gasteiger partial charge in [-0.25, -0.2) is 0 Å². The Bertz CT molecular complexity index is 898. The van der Waals surface area contributed by atoms with E-state index in [1.807, 2.05) is 12.1 Å². The molecule has 0 fully saturated rings. The summed E-state index contributed by atoms with van der Waals surface area (Å²) in [7, 11) is 0. The third kappa shape index (κ3) is 3.31. The van der Waals surface area contributed by atoms with Crippen LogP contribution in [0.3, 0.4) is 0 Å². The van der Waals surface area contributed by atoms with Crippen molar-refractivity contribution >= 4 is 37.6 Å². The molecule has 0 amide bonds. The largest absolute Gasteiger partial charge is 0.504 e. The number of halogens is 2. The summed E-state index contributed by atoms with van der Waals surface area (Å²) < 4.78 is 5.17. The van der Waals surface area contributed by atoms with E-state index in [1.54, 1.807) is 36.4 Å². The first-order valence-corrected chi connectivity index (χ1v) is 10.1. The van der Waals surface area contributed by atoms with Crippen LogP contribution in [0.2, 0.25) is 0 Å². The lowest BCUT2D eigenvalue weighted by molar-refractivity contribution is 0.101. The van der Waals surface area contributed by atoms with E-state index in [0.29, 0.717) is 22.0 Å². The fraction of sp³-hybridized carbons (Fsp3) is 0.150. The normalized spacial score (nSPS) is 11.5. The number of carbonyl (C=O) groups is 1. The lowest BCUT2D eigenvalue weighted by Crippen LogP contribution is -2.31. The molecule has 0 radical (unpaired) electrons. The van der Waals surface area contributed by atoms with E-state index in [9.17, 15) is 15.0 Å². The van der Waals surface area contributed by atoms with Crippen molar-refractivity contribution in [3.05, 3.63) is 83.3 Å². The zero-order valence-corrected chi connectivity index (χ0v) is 16.8. The van der Waals surface area contributed by atoms with Gasteiger partial charge in [0.15, 0.2) is 17.3 Å². The third-order valence-electron chi connectivity index (χ3n) is 4.43. The molecule has 0 aliphatic carbocycles. The Morgan fingerprint density at radius 3 is 2.12 bits per heavy atom. The number of phenols is 2. The van der Waals surface area contributed by atoms with E-state index in [2.05, 4.69) is 31.9 Å². The van der Waals surface area contributed by atoms with E-state index >= 15 is 0 Å². The highest BCUT2D eigenvalue weighted by atomic mass is 79.9. The predicted molar refractivity (Wildman–Crippen MR) is 107 cm³/mol. The summed E-state index contributed by atoms with van der Waals surface area (Å²) in [5.74, 6) is -0.204. The minimum atomic E-state index is -0.475. The van der Waals surface area contributed by atoms with Crippen LogP contribution in [0, 0.1) is 0 Å². The van der Waals surface area contributed by atoms with Gasteiger partial charge in [-0.3, -0.25) is 4.79 Å². The van der Waals surface area contributed by atoms with Crippen LogP contribution in [-0.2, 0) is 5.41 Å². The molecule has 0 bridgehead atoms. The fourth-order valence-electron chi connectivity index (χ4n) is 2.82. The molecular weight excluding hydrogens is 464 g/mol. The van der Waals surface area contributed by atoms with Crippen LogP contribution in [0.15, 0.2) is 65.3 Å². The van der Waals surface area contributed by atoms with E-state index in [4.69, 9.17) is 4.42 Å². The van der Waals surface area contributed by atoms with Gasteiger partial charge in [0.1, 0.15) is 0 Å². The monoisotopic (exact) mass is 478 g/mol. The highest BCUT2D eigenvalue weighted by molar-refractivity contribution is 9.09. The van der Waals surface area contributed by atoms with Crippen molar-refractivity contribution in [2.75, 3.05) is 10.7 Å². The summed E-state index contributed by atoms with van der Waals surface area (Å²) >= 11 is 7.15. The number of benzene rings is 2. The number of hydrogen-bond donors (Lipinski definition) is 2. The second-order valence-electron chi connectivity index (χ2n) is 5.94. The maximum absolute atomic E-state index is 12.4. The van der Waals surface area contributed by atoms with Crippen molar-refractivity contribution in [3.63, 3.8) is 0 Å². The molecule has 0 aliphatic rings. The molecule has 0 saturated heterocycles. The maximum Gasteiger partial charge on any atom is 0.228 e. The summed E-state index contributed by atoms with van der Waals surface area (Å²) in [6.45, 7) is 0. The van der Waals surface area contributed by atoms with E-state index < -0.39 is 5.41 Å². The van der Waals surface area contributed by atoms with Crippen molar-refractivity contribution in [1.82, 2.24) is 0 Å². The van der Waals surface area contributed by atoms with Crippen LogP contribution >= 0.6 is 31.9 Å². The SMILES string of the molecule is O=C(c1ccc(C(CBr)(CBr)c2ccc(O)c(O)c2)cc1)c1ccco1. The number of ketones is 1. The van der Waals surface area contributed by atoms with Gasteiger partial charge in [-0.15, -0.1) is 0 Å². The summed E-state index contributed by atoms with van der Waals surface area (Å²) in [6.07, 6.45) is 1.47. The molecule has 3 rings (SSSR count). The predicted octanol–water partition coefficient (Wildman–Crippen LogP) is 5.00.